The second kappa shape index (κ2) is 6.94. The third-order valence-corrected chi connectivity index (χ3v) is 2.98. The number of aryl methyl sites for hydroxylation is 2. The number of para-hydroxylation sites is 1. The van der Waals surface area contributed by atoms with Gasteiger partial charge in [-0.3, -0.25) is 0 Å². The van der Waals surface area contributed by atoms with Crippen LogP contribution >= 0.6 is 11.6 Å². The van der Waals surface area contributed by atoms with E-state index in [4.69, 9.17) is 11.6 Å². The first-order chi connectivity index (χ1) is 8.90. The highest BCUT2D eigenvalue weighted by atomic mass is 35.5. The van der Waals surface area contributed by atoms with Crippen LogP contribution in [0.5, 0.6) is 0 Å². The minimum absolute atomic E-state index is 0.383. The van der Waals surface area contributed by atoms with Crippen LogP contribution in [0.3, 0.4) is 0 Å². The molecule has 1 aromatic carbocycles. The first-order valence-electron chi connectivity index (χ1n) is 6.32. The summed E-state index contributed by atoms with van der Waals surface area (Å²) in [7, 11) is 0. The number of alkyl halides is 3. The highest BCUT2D eigenvalue weighted by Gasteiger charge is 2.34. The Morgan fingerprint density at radius 1 is 1.11 bits per heavy atom. The van der Waals surface area contributed by atoms with Gasteiger partial charge in [0, 0.05) is 0 Å². The van der Waals surface area contributed by atoms with Crippen molar-refractivity contribution in [2.75, 3.05) is 0 Å². The Bertz CT molecular complexity index is 428. The molecule has 106 valence electrons. The second-order valence-electron chi connectivity index (χ2n) is 4.33. The van der Waals surface area contributed by atoms with Gasteiger partial charge < -0.3 is 0 Å². The molecule has 5 heteroatoms. The fourth-order valence-electron chi connectivity index (χ4n) is 1.89. The molecule has 0 saturated heterocycles. The van der Waals surface area contributed by atoms with E-state index in [1.165, 1.54) is 0 Å². The van der Waals surface area contributed by atoms with Crippen LogP contribution in [0.2, 0.25) is 0 Å². The monoisotopic (exact) mass is 291 g/mol. The van der Waals surface area contributed by atoms with Crippen LogP contribution in [-0.2, 0) is 12.8 Å². The number of nitrogens with zero attached hydrogens (tertiary/aromatic N) is 1. The number of aliphatic imine (C=N–C) groups is 1. The largest absolute Gasteiger partial charge is 0.444 e. The van der Waals surface area contributed by atoms with Crippen molar-refractivity contribution in [2.45, 2.75) is 45.7 Å². The molecule has 0 bridgehead atoms. The van der Waals surface area contributed by atoms with Gasteiger partial charge in [-0.15, -0.1) is 0 Å². The van der Waals surface area contributed by atoms with Gasteiger partial charge in [-0.25, -0.2) is 4.99 Å². The lowest BCUT2D eigenvalue weighted by Crippen LogP contribution is -2.17. The molecule has 0 aliphatic carbocycles. The van der Waals surface area contributed by atoms with Gasteiger partial charge in [-0.1, -0.05) is 56.5 Å². The van der Waals surface area contributed by atoms with E-state index < -0.39 is 11.3 Å². The summed E-state index contributed by atoms with van der Waals surface area (Å²) in [5, 5.41) is -1.31. The van der Waals surface area contributed by atoms with Crippen molar-refractivity contribution in [1.82, 2.24) is 0 Å². The summed E-state index contributed by atoms with van der Waals surface area (Å²) in [6, 6.07) is 5.47. The molecule has 1 aromatic rings. The first-order valence-corrected chi connectivity index (χ1v) is 6.70. The van der Waals surface area contributed by atoms with E-state index in [2.05, 4.69) is 4.99 Å². The fourth-order valence-corrected chi connectivity index (χ4v) is 1.98. The van der Waals surface area contributed by atoms with Crippen LogP contribution in [0.1, 0.15) is 37.8 Å². The molecule has 0 aliphatic heterocycles. The van der Waals surface area contributed by atoms with Crippen molar-refractivity contribution >= 4 is 22.5 Å². The summed E-state index contributed by atoms with van der Waals surface area (Å²) in [4.78, 5) is 3.62. The molecule has 1 rings (SSSR count). The molecule has 0 spiro atoms. The van der Waals surface area contributed by atoms with Gasteiger partial charge in [-0.05, 0) is 24.0 Å². The van der Waals surface area contributed by atoms with Gasteiger partial charge in [0.25, 0.3) is 0 Å². The Labute approximate surface area is 116 Å². The zero-order valence-corrected chi connectivity index (χ0v) is 11.8. The molecule has 0 amide bonds. The summed E-state index contributed by atoms with van der Waals surface area (Å²) in [5.74, 6) is 0. The summed E-state index contributed by atoms with van der Waals surface area (Å²) in [5.41, 5.74) is 2.01. The smallest absolute Gasteiger partial charge is 0.232 e. The lowest BCUT2D eigenvalue weighted by atomic mass is 10.0. The first kappa shape index (κ1) is 16.0. The van der Waals surface area contributed by atoms with Crippen LogP contribution in [0.15, 0.2) is 23.2 Å². The van der Waals surface area contributed by atoms with Gasteiger partial charge in [0.15, 0.2) is 0 Å². The molecule has 0 unspecified atom stereocenters. The topological polar surface area (TPSA) is 12.4 Å². The van der Waals surface area contributed by atoms with Crippen LogP contribution in [-0.4, -0.2) is 11.3 Å². The highest BCUT2D eigenvalue weighted by molar-refractivity contribution is 6.67. The number of rotatable bonds is 5. The van der Waals surface area contributed by atoms with E-state index in [1.807, 2.05) is 32.0 Å². The summed E-state index contributed by atoms with van der Waals surface area (Å²) in [6.45, 7) is 3.96. The van der Waals surface area contributed by atoms with Crippen LogP contribution in [0, 0.1) is 0 Å². The normalized spacial score (nSPS) is 12.8. The highest BCUT2D eigenvalue weighted by Crippen LogP contribution is 2.30. The Hall–Kier alpha value is -1.03. The quantitative estimate of drug-likeness (QED) is 0.642. The number of hydrogen-bond acceptors (Lipinski definition) is 1. The lowest BCUT2D eigenvalue weighted by molar-refractivity contribution is -0.0558. The molecule has 0 N–H and O–H groups in total. The molecule has 0 radical (unpaired) electrons. The Morgan fingerprint density at radius 3 is 1.95 bits per heavy atom. The van der Waals surface area contributed by atoms with E-state index in [-0.39, 0.29) is 0 Å². The SMILES string of the molecule is CCCc1cccc(CCC)c1N=C(Cl)C(F)(F)F. The van der Waals surface area contributed by atoms with Gasteiger partial charge in [-0.2, -0.15) is 13.2 Å². The molecular weight excluding hydrogens is 275 g/mol. The van der Waals surface area contributed by atoms with Crippen LogP contribution in [0.25, 0.3) is 0 Å². The summed E-state index contributed by atoms with van der Waals surface area (Å²) < 4.78 is 37.5. The molecule has 0 atom stereocenters. The molecule has 1 nitrogen and oxygen atoms in total. The molecular formula is C14H17ClF3N. The van der Waals surface area contributed by atoms with Gasteiger partial charge in [0.05, 0.1) is 5.69 Å². The fraction of sp³-hybridized carbons (Fsp3) is 0.500. The molecule has 0 fully saturated rings. The average molecular weight is 292 g/mol. The molecule has 0 aliphatic rings. The van der Waals surface area contributed by atoms with E-state index in [0.717, 1.165) is 24.0 Å². The van der Waals surface area contributed by atoms with Crippen molar-refractivity contribution in [3.8, 4) is 0 Å². The van der Waals surface area contributed by atoms with Crippen LogP contribution in [0.4, 0.5) is 18.9 Å². The molecule has 0 aromatic heterocycles. The van der Waals surface area contributed by atoms with E-state index in [0.29, 0.717) is 18.5 Å². The second-order valence-corrected chi connectivity index (χ2v) is 4.68. The van der Waals surface area contributed by atoms with E-state index >= 15 is 0 Å². The van der Waals surface area contributed by atoms with E-state index in [9.17, 15) is 13.2 Å². The van der Waals surface area contributed by atoms with Crippen LogP contribution < -0.4 is 0 Å². The zero-order valence-electron chi connectivity index (χ0n) is 11.0. The minimum Gasteiger partial charge on any atom is -0.232 e. The van der Waals surface area contributed by atoms with Gasteiger partial charge in [0.1, 0.15) is 0 Å². The van der Waals surface area contributed by atoms with Crippen molar-refractivity contribution < 1.29 is 13.2 Å². The summed E-state index contributed by atoms with van der Waals surface area (Å²) >= 11 is 5.26. The Balaban J connectivity index is 3.28. The third-order valence-electron chi connectivity index (χ3n) is 2.69. The Kier molecular flexibility index (Phi) is 5.85. The predicted molar refractivity (Wildman–Crippen MR) is 73.4 cm³/mol. The maximum atomic E-state index is 12.5. The molecule has 19 heavy (non-hydrogen) atoms. The van der Waals surface area contributed by atoms with Gasteiger partial charge in [0.2, 0.25) is 5.17 Å². The Morgan fingerprint density at radius 2 is 1.58 bits per heavy atom. The predicted octanol–water partition coefficient (Wildman–Crippen LogP) is 5.42. The maximum absolute atomic E-state index is 12.5. The summed E-state index contributed by atoms with van der Waals surface area (Å²) in [6.07, 6.45) is -1.51. The van der Waals surface area contributed by atoms with E-state index in [1.54, 1.807) is 0 Å². The molecule has 0 heterocycles. The third kappa shape index (κ3) is 4.53. The standard InChI is InChI=1S/C14H17ClF3N/c1-3-6-10-8-5-9-11(7-4-2)12(10)19-13(15)14(16,17)18/h5,8-9H,3-4,6-7H2,1-2H3. The lowest BCUT2D eigenvalue weighted by Gasteiger charge is -2.12. The van der Waals surface area contributed by atoms with Crippen molar-refractivity contribution in [1.29, 1.82) is 0 Å². The molecule has 0 saturated carbocycles. The number of hydrogen-bond donors (Lipinski definition) is 0. The zero-order chi connectivity index (χ0) is 14.5. The van der Waals surface area contributed by atoms with Gasteiger partial charge >= 0.3 is 6.18 Å². The van der Waals surface area contributed by atoms with Crippen molar-refractivity contribution in [2.24, 2.45) is 4.99 Å². The van der Waals surface area contributed by atoms with Crippen molar-refractivity contribution in [3.05, 3.63) is 29.3 Å². The number of halogens is 4. The average Bonchev–Trinajstić information content (AvgIpc) is 2.32. The van der Waals surface area contributed by atoms with Crippen molar-refractivity contribution in [3.63, 3.8) is 0 Å². The minimum atomic E-state index is -4.59. The number of benzene rings is 1. The maximum Gasteiger partial charge on any atom is 0.444 e.